The van der Waals surface area contributed by atoms with Gasteiger partial charge in [-0.15, -0.1) is 0 Å². The fourth-order valence-corrected chi connectivity index (χ4v) is 3.04. The molecule has 0 bridgehead atoms. The highest BCUT2D eigenvalue weighted by Crippen LogP contribution is 2.25. The van der Waals surface area contributed by atoms with Gasteiger partial charge in [0, 0.05) is 39.1 Å². The van der Waals surface area contributed by atoms with Crippen molar-refractivity contribution in [3.8, 4) is 5.75 Å². The Morgan fingerprint density at radius 2 is 2.18 bits per heavy atom. The Labute approximate surface area is 132 Å². The van der Waals surface area contributed by atoms with Crippen LogP contribution in [0.2, 0.25) is 0 Å². The number of ether oxygens (including phenoxy) is 1. The molecular formula is C17H25N3O2. The Bertz CT molecular complexity index is 527. The van der Waals surface area contributed by atoms with Crippen LogP contribution in [0.3, 0.4) is 0 Å². The van der Waals surface area contributed by atoms with E-state index in [9.17, 15) is 4.79 Å². The second-order valence-electron chi connectivity index (χ2n) is 6.16. The molecule has 1 N–H and O–H groups in total. The molecule has 0 unspecified atom stereocenters. The molecule has 1 amide bonds. The van der Waals surface area contributed by atoms with Crippen LogP contribution >= 0.6 is 0 Å². The van der Waals surface area contributed by atoms with E-state index in [2.05, 4.69) is 28.4 Å². The number of benzene rings is 1. The Morgan fingerprint density at radius 3 is 3.00 bits per heavy atom. The van der Waals surface area contributed by atoms with Crippen molar-refractivity contribution in [1.82, 2.24) is 15.1 Å². The largest absolute Gasteiger partial charge is 0.493 e. The van der Waals surface area contributed by atoms with Gasteiger partial charge in [0.05, 0.1) is 13.2 Å². The van der Waals surface area contributed by atoms with Crippen molar-refractivity contribution in [3.05, 3.63) is 29.3 Å². The van der Waals surface area contributed by atoms with E-state index in [-0.39, 0.29) is 5.91 Å². The summed E-state index contributed by atoms with van der Waals surface area (Å²) in [6.07, 6.45) is 1.99. The molecule has 2 aliphatic rings. The zero-order chi connectivity index (χ0) is 15.4. The molecule has 1 fully saturated rings. The van der Waals surface area contributed by atoms with E-state index in [1.165, 1.54) is 11.1 Å². The molecule has 1 saturated heterocycles. The highest BCUT2D eigenvalue weighted by molar-refractivity contribution is 5.78. The predicted octanol–water partition coefficient (Wildman–Crippen LogP) is 0.528. The second kappa shape index (κ2) is 7.11. The van der Waals surface area contributed by atoms with Crippen LogP contribution in [0.4, 0.5) is 0 Å². The van der Waals surface area contributed by atoms with Gasteiger partial charge in [-0.05, 0) is 30.7 Å². The normalized spacial score (nSPS) is 17.5. The van der Waals surface area contributed by atoms with Crippen molar-refractivity contribution in [2.24, 2.45) is 0 Å². The quantitative estimate of drug-likeness (QED) is 0.862. The van der Waals surface area contributed by atoms with E-state index >= 15 is 0 Å². The Balaban J connectivity index is 1.45. The Kier molecular flexibility index (Phi) is 4.95. The molecule has 0 radical (unpaired) electrons. The summed E-state index contributed by atoms with van der Waals surface area (Å²) in [4.78, 5) is 16.3. The zero-order valence-corrected chi connectivity index (χ0v) is 13.3. The fourth-order valence-electron chi connectivity index (χ4n) is 3.04. The number of hydrogen-bond acceptors (Lipinski definition) is 4. The third-order valence-electron chi connectivity index (χ3n) is 4.41. The van der Waals surface area contributed by atoms with E-state index < -0.39 is 0 Å². The van der Waals surface area contributed by atoms with E-state index in [0.29, 0.717) is 6.54 Å². The Hall–Kier alpha value is -1.59. The minimum absolute atomic E-state index is 0.242. The number of fused-ring (bicyclic) bond motifs is 1. The maximum atomic E-state index is 12.2. The summed E-state index contributed by atoms with van der Waals surface area (Å²) < 4.78 is 5.53. The molecule has 5 heteroatoms. The van der Waals surface area contributed by atoms with Crippen LogP contribution < -0.4 is 10.1 Å². The predicted molar refractivity (Wildman–Crippen MR) is 86.3 cm³/mol. The van der Waals surface area contributed by atoms with Crippen LogP contribution in [0.25, 0.3) is 0 Å². The van der Waals surface area contributed by atoms with Crippen molar-refractivity contribution in [1.29, 1.82) is 0 Å². The Morgan fingerprint density at radius 1 is 1.36 bits per heavy atom. The van der Waals surface area contributed by atoms with Gasteiger partial charge in [0.1, 0.15) is 5.75 Å². The first kappa shape index (κ1) is 15.3. The minimum atomic E-state index is 0.242. The summed E-state index contributed by atoms with van der Waals surface area (Å²) in [5.74, 6) is 1.28. The SMILES string of the molecule is CN(CCc1ccc2c(c1)CCO2)CC(=O)N1CCNCC1. The number of carbonyl (C=O) groups excluding carboxylic acids is 1. The van der Waals surface area contributed by atoms with Gasteiger partial charge in [0.2, 0.25) is 5.91 Å². The lowest BCUT2D eigenvalue weighted by Gasteiger charge is -2.29. The lowest BCUT2D eigenvalue weighted by molar-refractivity contribution is -0.132. The highest BCUT2D eigenvalue weighted by atomic mass is 16.5. The molecule has 0 spiro atoms. The van der Waals surface area contributed by atoms with Gasteiger partial charge in [-0.1, -0.05) is 12.1 Å². The molecule has 0 atom stereocenters. The smallest absolute Gasteiger partial charge is 0.236 e. The number of rotatable bonds is 5. The number of likely N-dealkylation sites (N-methyl/N-ethyl adjacent to an activating group) is 1. The summed E-state index contributed by atoms with van der Waals surface area (Å²) in [6.45, 7) is 5.69. The average molecular weight is 303 g/mol. The van der Waals surface area contributed by atoms with Crippen molar-refractivity contribution in [2.45, 2.75) is 12.8 Å². The molecule has 1 aromatic carbocycles. The number of carbonyl (C=O) groups is 1. The average Bonchev–Trinajstić information content (AvgIpc) is 3.01. The maximum absolute atomic E-state index is 12.2. The molecule has 0 saturated carbocycles. The first-order valence-corrected chi connectivity index (χ1v) is 8.14. The van der Waals surface area contributed by atoms with E-state index in [4.69, 9.17) is 4.74 Å². The van der Waals surface area contributed by atoms with E-state index in [1.54, 1.807) is 0 Å². The van der Waals surface area contributed by atoms with Crippen molar-refractivity contribution >= 4 is 5.91 Å². The third kappa shape index (κ3) is 3.78. The van der Waals surface area contributed by atoms with Gasteiger partial charge < -0.3 is 15.0 Å². The van der Waals surface area contributed by atoms with Crippen molar-refractivity contribution in [3.63, 3.8) is 0 Å². The minimum Gasteiger partial charge on any atom is -0.493 e. The zero-order valence-electron chi connectivity index (χ0n) is 13.3. The van der Waals surface area contributed by atoms with Crippen LogP contribution in [0, 0.1) is 0 Å². The van der Waals surface area contributed by atoms with Crippen LogP contribution in [0.1, 0.15) is 11.1 Å². The summed E-state index contributed by atoms with van der Waals surface area (Å²) in [6, 6.07) is 6.45. The summed E-state index contributed by atoms with van der Waals surface area (Å²) >= 11 is 0. The number of nitrogens with zero attached hydrogens (tertiary/aromatic N) is 2. The number of hydrogen-bond donors (Lipinski definition) is 1. The van der Waals surface area contributed by atoms with Gasteiger partial charge >= 0.3 is 0 Å². The molecule has 3 rings (SSSR count). The monoisotopic (exact) mass is 303 g/mol. The van der Waals surface area contributed by atoms with Gasteiger partial charge in [0.15, 0.2) is 0 Å². The number of amides is 1. The number of nitrogens with one attached hydrogen (secondary N) is 1. The van der Waals surface area contributed by atoms with Crippen LogP contribution in [-0.4, -0.2) is 68.6 Å². The molecular weight excluding hydrogens is 278 g/mol. The van der Waals surface area contributed by atoms with Gasteiger partial charge in [-0.25, -0.2) is 0 Å². The topological polar surface area (TPSA) is 44.8 Å². The first-order chi connectivity index (χ1) is 10.7. The second-order valence-corrected chi connectivity index (χ2v) is 6.16. The van der Waals surface area contributed by atoms with Gasteiger partial charge in [0.25, 0.3) is 0 Å². The molecule has 0 aliphatic carbocycles. The standard InChI is InChI=1S/C17H25N3O2/c1-19(13-17(21)20-9-6-18-7-10-20)8-4-14-2-3-16-15(12-14)5-11-22-16/h2-3,12,18H,4-11,13H2,1H3. The van der Waals surface area contributed by atoms with E-state index in [0.717, 1.165) is 57.9 Å². The van der Waals surface area contributed by atoms with Crippen LogP contribution in [0.5, 0.6) is 5.75 Å². The van der Waals surface area contributed by atoms with Crippen LogP contribution in [-0.2, 0) is 17.6 Å². The van der Waals surface area contributed by atoms with Crippen LogP contribution in [0.15, 0.2) is 18.2 Å². The summed E-state index contributed by atoms with van der Waals surface area (Å²) in [5.41, 5.74) is 2.64. The highest BCUT2D eigenvalue weighted by Gasteiger charge is 2.17. The lowest BCUT2D eigenvalue weighted by Crippen LogP contribution is -2.49. The summed E-state index contributed by atoms with van der Waals surface area (Å²) in [7, 11) is 2.02. The summed E-state index contributed by atoms with van der Waals surface area (Å²) in [5, 5.41) is 3.27. The van der Waals surface area contributed by atoms with Gasteiger partial charge in [-0.3, -0.25) is 9.69 Å². The molecule has 22 heavy (non-hydrogen) atoms. The molecule has 2 aliphatic heterocycles. The molecule has 2 heterocycles. The lowest BCUT2D eigenvalue weighted by atomic mass is 10.1. The molecule has 120 valence electrons. The molecule has 5 nitrogen and oxygen atoms in total. The number of piperazine rings is 1. The molecule has 1 aromatic rings. The van der Waals surface area contributed by atoms with Crippen molar-refractivity contribution < 1.29 is 9.53 Å². The van der Waals surface area contributed by atoms with E-state index in [1.807, 2.05) is 11.9 Å². The maximum Gasteiger partial charge on any atom is 0.236 e. The molecule has 0 aromatic heterocycles. The van der Waals surface area contributed by atoms with Gasteiger partial charge in [-0.2, -0.15) is 0 Å². The van der Waals surface area contributed by atoms with Crippen molar-refractivity contribution in [2.75, 3.05) is 52.9 Å². The fraction of sp³-hybridized carbons (Fsp3) is 0.588. The third-order valence-corrected chi connectivity index (χ3v) is 4.41. The first-order valence-electron chi connectivity index (χ1n) is 8.14.